The lowest BCUT2D eigenvalue weighted by Gasteiger charge is -2.09. The third kappa shape index (κ3) is 2.36. The summed E-state index contributed by atoms with van der Waals surface area (Å²) in [5.41, 5.74) is 5.98. The molecular weight excluding hydrogens is 338 g/mol. The SMILES string of the molecule is Cc1ccc2[nH]c3nc4ccccc4c(-c4ccc([N+](=O)[O-])cc4)c3c2c1. The first-order valence-electron chi connectivity index (χ1n) is 8.67. The van der Waals surface area contributed by atoms with Gasteiger partial charge in [-0.1, -0.05) is 29.8 Å². The summed E-state index contributed by atoms with van der Waals surface area (Å²) in [4.78, 5) is 18.9. The standard InChI is InChI=1S/C22H15N3O2/c1-13-6-11-19-17(12-13)21-20(14-7-9-15(10-8-14)25(26)27)16-4-2-3-5-18(16)23-22(21)24-19/h2-12H,1H3,(H,23,24). The number of pyridine rings is 1. The van der Waals surface area contributed by atoms with Gasteiger partial charge in [-0.2, -0.15) is 0 Å². The summed E-state index contributed by atoms with van der Waals surface area (Å²) >= 11 is 0. The number of benzene rings is 3. The predicted octanol–water partition coefficient (Wildman–Crippen LogP) is 5.75. The normalized spacial score (nSPS) is 11.4. The van der Waals surface area contributed by atoms with E-state index < -0.39 is 0 Å². The van der Waals surface area contributed by atoms with Crippen molar-refractivity contribution >= 4 is 38.5 Å². The summed E-state index contributed by atoms with van der Waals surface area (Å²) < 4.78 is 0. The van der Waals surface area contributed by atoms with Crippen LogP contribution in [0.25, 0.3) is 44.0 Å². The number of fused-ring (bicyclic) bond motifs is 4. The number of hydrogen-bond acceptors (Lipinski definition) is 3. The van der Waals surface area contributed by atoms with Crippen molar-refractivity contribution in [2.24, 2.45) is 0 Å². The van der Waals surface area contributed by atoms with Gasteiger partial charge in [0.2, 0.25) is 0 Å². The maximum absolute atomic E-state index is 11.0. The molecule has 2 heterocycles. The molecule has 0 fully saturated rings. The number of nitro benzene ring substituents is 1. The van der Waals surface area contributed by atoms with E-state index in [1.54, 1.807) is 12.1 Å². The number of hydrogen-bond donors (Lipinski definition) is 1. The van der Waals surface area contributed by atoms with Crippen LogP contribution in [-0.4, -0.2) is 14.9 Å². The van der Waals surface area contributed by atoms with E-state index in [0.717, 1.165) is 44.0 Å². The van der Waals surface area contributed by atoms with Crippen molar-refractivity contribution in [3.8, 4) is 11.1 Å². The van der Waals surface area contributed by atoms with Gasteiger partial charge in [-0.05, 0) is 42.8 Å². The van der Waals surface area contributed by atoms with E-state index in [-0.39, 0.29) is 10.6 Å². The van der Waals surface area contributed by atoms with E-state index in [2.05, 4.69) is 30.1 Å². The van der Waals surface area contributed by atoms with Crippen LogP contribution in [-0.2, 0) is 0 Å². The molecule has 27 heavy (non-hydrogen) atoms. The number of aromatic amines is 1. The lowest BCUT2D eigenvalue weighted by Crippen LogP contribution is -1.90. The smallest absolute Gasteiger partial charge is 0.269 e. The molecule has 0 amide bonds. The van der Waals surface area contributed by atoms with Crippen molar-refractivity contribution in [3.63, 3.8) is 0 Å². The van der Waals surface area contributed by atoms with Gasteiger partial charge in [-0.25, -0.2) is 4.98 Å². The molecule has 0 bridgehead atoms. The van der Waals surface area contributed by atoms with E-state index in [9.17, 15) is 10.1 Å². The Bertz CT molecular complexity index is 1350. The van der Waals surface area contributed by atoms with E-state index in [0.29, 0.717) is 0 Å². The lowest BCUT2D eigenvalue weighted by atomic mass is 9.96. The van der Waals surface area contributed by atoms with Crippen molar-refractivity contribution < 1.29 is 4.92 Å². The third-order valence-electron chi connectivity index (χ3n) is 4.96. The van der Waals surface area contributed by atoms with Crippen LogP contribution in [0.15, 0.2) is 66.7 Å². The van der Waals surface area contributed by atoms with Crippen LogP contribution in [0, 0.1) is 17.0 Å². The minimum atomic E-state index is -0.376. The van der Waals surface area contributed by atoms with Crippen molar-refractivity contribution in [3.05, 3.63) is 82.4 Å². The molecule has 5 nitrogen and oxygen atoms in total. The second kappa shape index (κ2) is 5.64. The summed E-state index contributed by atoms with van der Waals surface area (Å²) in [7, 11) is 0. The van der Waals surface area contributed by atoms with Gasteiger partial charge in [0, 0.05) is 39.4 Å². The summed E-state index contributed by atoms with van der Waals surface area (Å²) in [5, 5.41) is 14.2. The molecule has 0 aliphatic heterocycles. The topological polar surface area (TPSA) is 71.8 Å². The molecular formula is C22H15N3O2. The highest BCUT2D eigenvalue weighted by Gasteiger charge is 2.16. The van der Waals surface area contributed by atoms with Crippen LogP contribution in [0.1, 0.15) is 5.56 Å². The maximum atomic E-state index is 11.0. The molecule has 5 rings (SSSR count). The van der Waals surface area contributed by atoms with Crippen LogP contribution in [0.5, 0.6) is 0 Å². The zero-order chi connectivity index (χ0) is 18.5. The number of aromatic nitrogens is 2. The Hall–Kier alpha value is -3.73. The Morgan fingerprint density at radius 2 is 1.74 bits per heavy atom. The molecule has 1 N–H and O–H groups in total. The molecule has 3 aromatic carbocycles. The Morgan fingerprint density at radius 1 is 0.963 bits per heavy atom. The molecule has 0 atom stereocenters. The molecule has 0 aliphatic carbocycles. The minimum absolute atomic E-state index is 0.0862. The fourth-order valence-electron chi connectivity index (χ4n) is 3.72. The fraction of sp³-hybridized carbons (Fsp3) is 0.0455. The number of non-ortho nitro benzene ring substituents is 1. The third-order valence-corrected chi connectivity index (χ3v) is 4.96. The summed E-state index contributed by atoms with van der Waals surface area (Å²) in [6.45, 7) is 2.07. The van der Waals surface area contributed by atoms with Gasteiger partial charge < -0.3 is 4.98 Å². The molecule has 0 saturated heterocycles. The fourth-order valence-corrected chi connectivity index (χ4v) is 3.72. The molecule has 0 radical (unpaired) electrons. The van der Waals surface area contributed by atoms with Crippen molar-refractivity contribution in [2.75, 3.05) is 0 Å². The van der Waals surface area contributed by atoms with Crippen LogP contribution in [0.3, 0.4) is 0 Å². The van der Waals surface area contributed by atoms with Gasteiger partial charge in [0.25, 0.3) is 5.69 Å². The van der Waals surface area contributed by atoms with E-state index in [4.69, 9.17) is 4.98 Å². The first-order valence-corrected chi connectivity index (χ1v) is 8.67. The Morgan fingerprint density at radius 3 is 2.52 bits per heavy atom. The zero-order valence-electron chi connectivity index (χ0n) is 14.6. The van der Waals surface area contributed by atoms with Crippen LogP contribution in [0.4, 0.5) is 5.69 Å². The van der Waals surface area contributed by atoms with Crippen LogP contribution >= 0.6 is 0 Å². The van der Waals surface area contributed by atoms with Crippen molar-refractivity contribution in [1.29, 1.82) is 0 Å². The minimum Gasteiger partial charge on any atom is -0.339 e. The van der Waals surface area contributed by atoms with Crippen LogP contribution < -0.4 is 0 Å². The quantitative estimate of drug-likeness (QED) is 0.324. The number of rotatable bonds is 2. The van der Waals surface area contributed by atoms with Crippen LogP contribution in [0.2, 0.25) is 0 Å². The maximum Gasteiger partial charge on any atom is 0.269 e. The zero-order valence-corrected chi connectivity index (χ0v) is 14.6. The Labute approximate surface area is 154 Å². The molecule has 2 aromatic heterocycles. The van der Waals surface area contributed by atoms with Crippen molar-refractivity contribution in [1.82, 2.24) is 9.97 Å². The molecule has 5 aromatic rings. The Kier molecular flexibility index (Phi) is 3.24. The number of nitro groups is 1. The van der Waals surface area contributed by atoms with Gasteiger partial charge in [0.1, 0.15) is 5.65 Å². The Balaban J connectivity index is 1.95. The van der Waals surface area contributed by atoms with E-state index >= 15 is 0 Å². The van der Waals surface area contributed by atoms with E-state index in [1.165, 1.54) is 5.56 Å². The van der Waals surface area contributed by atoms with Gasteiger partial charge >= 0.3 is 0 Å². The highest BCUT2D eigenvalue weighted by molar-refractivity contribution is 6.19. The average molecular weight is 353 g/mol. The van der Waals surface area contributed by atoms with Gasteiger partial charge in [0.15, 0.2) is 0 Å². The molecule has 0 unspecified atom stereocenters. The molecule has 0 spiro atoms. The molecule has 130 valence electrons. The number of H-pyrrole nitrogens is 1. The highest BCUT2D eigenvalue weighted by Crippen LogP contribution is 2.39. The van der Waals surface area contributed by atoms with Gasteiger partial charge in [-0.15, -0.1) is 0 Å². The monoisotopic (exact) mass is 353 g/mol. The average Bonchev–Trinajstić information content (AvgIpc) is 3.03. The first kappa shape index (κ1) is 15.5. The number of nitrogens with one attached hydrogen (secondary N) is 1. The van der Waals surface area contributed by atoms with E-state index in [1.807, 2.05) is 36.4 Å². The summed E-state index contributed by atoms with van der Waals surface area (Å²) in [5.74, 6) is 0. The molecule has 5 heteroatoms. The second-order valence-electron chi connectivity index (χ2n) is 6.71. The van der Waals surface area contributed by atoms with Gasteiger partial charge in [-0.3, -0.25) is 10.1 Å². The van der Waals surface area contributed by atoms with Crippen molar-refractivity contribution in [2.45, 2.75) is 6.92 Å². The highest BCUT2D eigenvalue weighted by atomic mass is 16.6. The second-order valence-corrected chi connectivity index (χ2v) is 6.71. The number of para-hydroxylation sites is 1. The summed E-state index contributed by atoms with van der Waals surface area (Å²) in [6.07, 6.45) is 0. The molecule has 0 saturated carbocycles. The first-order chi connectivity index (χ1) is 13.1. The number of nitrogens with zero attached hydrogens (tertiary/aromatic N) is 2. The largest absolute Gasteiger partial charge is 0.339 e. The molecule has 0 aliphatic rings. The summed E-state index contributed by atoms with van der Waals surface area (Å²) in [6, 6.07) is 21.0. The number of aryl methyl sites for hydroxylation is 1. The lowest BCUT2D eigenvalue weighted by molar-refractivity contribution is -0.384. The predicted molar refractivity (Wildman–Crippen MR) is 108 cm³/mol. The van der Waals surface area contributed by atoms with Gasteiger partial charge in [0.05, 0.1) is 10.4 Å².